The third-order valence-corrected chi connectivity index (χ3v) is 5.45. The van der Waals surface area contributed by atoms with E-state index >= 15 is 0 Å². The van der Waals surface area contributed by atoms with Crippen molar-refractivity contribution in [1.82, 2.24) is 4.90 Å². The van der Waals surface area contributed by atoms with Gasteiger partial charge in [-0.05, 0) is 19.1 Å². The molecule has 7 nitrogen and oxygen atoms in total. The summed E-state index contributed by atoms with van der Waals surface area (Å²) in [5, 5.41) is 10.6. The van der Waals surface area contributed by atoms with Crippen molar-refractivity contribution in [2.75, 3.05) is 32.1 Å². The highest BCUT2D eigenvalue weighted by atomic mass is 32.2. The second-order valence-corrected chi connectivity index (χ2v) is 7.06. The van der Waals surface area contributed by atoms with E-state index in [1.54, 1.807) is 0 Å². The Morgan fingerprint density at radius 2 is 1.86 bits per heavy atom. The smallest absolute Gasteiger partial charge is 0.269 e. The van der Waals surface area contributed by atoms with Gasteiger partial charge in [0.2, 0.25) is 0 Å². The highest BCUT2D eigenvalue weighted by molar-refractivity contribution is 7.91. The van der Waals surface area contributed by atoms with E-state index in [0.29, 0.717) is 13.2 Å². The predicted octanol–water partition coefficient (Wildman–Crippen LogP) is 1.09. The van der Waals surface area contributed by atoms with Crippen molar-refractivity contribution in [2.24, 2.45) is 0 Å². The third-order valence-electron chi connectivity index (χ3n) is 3.54. The fourth-order valence-electron chi connectivity index (χ4n) is 2.31. The van der Waals surface area contributed by atoms with Gasteiger partial charge >= 0.3 is 0 Å². The molecule has 21 heavy (non-hydrogen) atoms. The van der Waals surface area contributed by atoms with E-state index in [1.807, 2.05) is 6.92 Å². The maximum atomic E-state index is 12.3. The Bertz CT molecular complexity index is 593. The Hall–Kier alpha value is -1.51. The van der Waals surface area contributed by atoms with Crippen LogP contribution >= 0.6 is 0 Å². The van der Waals surface area contributed by atoms with Gasteiger partial charge in [-0.3, -0.25) is 15.0 Å². The first-order valence-corrected chi connectivity index (χ1v) is 8.34. The molecule has 0 radical (unpaired) electrons. The van der Waals surface area contributed by atoms with Gasteiger partial charge in [-0.15, -0.1) is 0 Å². The average molecular weight is 314 g/mol. The van der Waals surface area contributed by atoms with Crippen LogP contribution in [-0.4, -0.2) is 56.3 Å². The van der Waals surface area contributed by atoms with Gasteiger partial charge in [0.15, 0.2) is 9.84 Å². The lowest BCUT2D eigenvalue weighted by Crippen LogP contribution is -2.45. The SMILES string of the molecule is CC(CS(=O)(=O)c1ccc([N+](=O)[O-])cc1)N1CCOCC1. The minimum Gasteiger partial charge on any atom is -0.379 e. The lowest BCUT2D eigenvalue weighted by atomic mass is 10.3. The van der Waals surface area contributed by atoms with Crippen molar-refractivity contribution in [3.05, 3.63) is 34.4 Å². The second kappa shape index (κ2) is 6.50. The van der Waals surface area contributed by atoms with Gasteiger partial charge in [0.25, 0.3) is 5.69 Å². The summed E-state index contributed by atoms with van der Waals surface area (Å²) in [6.45, 7) is 4.53. The van der Waals surface area contributed by atoms with Gasteiger partial charge in [-0.2, -0.15) is 0 Å². The van der Waals surface area contributed by atoms with Crippen LogP contribution in [0.1, 0.15) is 6.92 Å². The Kier molecular flexibility index (Phi) is 4.92. The molecule has 1 aromatic rings. The minimum atomic E-state index is -3.46. The minimum absolute atomic E-state index is 0.00912. The van der Waals surface area contributed by atoms with Crippen molar-refractivity contribution in [1.29, 1.82) is 0 Å². The van der Waals surface area contributed by atoms with Crippen molar-refractivity contribution in [3.63, 3.8) is 0 Å². The molecule has 1 aromatic carbocycles. The number of morpholine rings is 1. The summed E-state index contributed by atoms with van der Waals surface area (Å²) in [6.07, 6.45) is 0. The van der Waals surface area contributed by atoms with Gasteiger partial charge in [0.1, 0.15) is 0 Å². The largest absolute Gasteiger partial charge is 0.379 e. The number of nitro groups is 1. The highest BCUT2D eigenvalue weighted by Crippen LogP contribution is 2.18. The Morgan fingerprint density at radius 1 is 1.29 bits per heavy atom. The van der Waals surface area contributed by atoms with Crippen LogP contribution in [0.25, 0.3) is 0 Å². The number of non-ortho nitro benzene ring substituents is 1. The van der Waals surface area contributed by atoms with E-state index in [-0.39, 0.29) is 22.4 Å². The number of nitrogens with zero attached hydrogens (tertiary/aromatic N) is 2. The van der Waals surface area contributed by atoms with Crippen molar-refractivity contribution >= 4 is 15.5 Å². The molecule has 1 aliphatic heterocycles. The fourth-order valence-corrected chi connectivity index (χ4v) is 3.90. The van der Waals surface area contributed by atoms with Crippen LogP contribution in [-0.2, 0) is 14.6 Å². The zero-order valence-corrected chi connectivity index (χ0v) is 12.6. The van der Waals surface area contributed by atoms with Gasteiger partial charge in [-0.25, -0.2) is 8.42 Å². The molecule has 1 heterocycles. The maximum absolute atomic E-state index is 12.3. The van der Waals surface area contributed by atoms with E-state index < -0.39 is 14.8 Å². The molecule has 0 amide bonds. The molecule has 8 heteroatoms. The molecule has 1 unspecified atom stereocenters. The summed E-state index contributed by atoms with van der Waals surface area (Å²) in [6, 6.07) is 4.89. The number of hydrogen-bond acceptors (Lipinski definition) is 6. The van der Waals surface area contributed by atoms with Crippen LogP contribution in [0.4, 0.5) is 5.69 Å². The topological polar surface area (TPSA) is 89.8 Å². The number of benzene rings is 1. The summed E-state index contributed by atoms with van der Waals surface area (Å²) in [7, 11) is -3.46. The Morgan fingerprint density at radius 3 is 2.38 bits per heavy atom. The number of sulfone groups is 1. The lowest BCUT2D eigenvalue weighted by molar-refractivity contribution is -0.384. The van der Waals surface area contributed by atoms with Crippen LogP contribution < -0.4 is 0 Å². The number of hydrogen-bond donors (Lipinski definition) is 0. The standard InChI is InChI=1S/C13H18N2O5S/c1-11(14-6-8-20-9-7-14)10-21(18,19)13-4-2-12(3-5-13)15(16)17/h2-5,11H,6-10H2,1H3. The molecule has 1 atom stereocenters. The van der Waals surface area contributed by atoms with Gasteiger partial charge in [0, 0.05) is 31.3 Å². The zero-order chi connectivity index (χ0) is 15.5. The monoisotopic (exact) mass is 314 g/mol. The molecule has 0 aliphatic carbocycles. The first kappa shape index (κ1) is 15.9. The van der Waals surface area contributed by atoms with Crippen LogP contribution in [0, 0.1) is 10.1 Å². The van der Waals surface area contributed by atoms with Crippen LogP contribution in [0.2, 0.25) is 0 Å². The van der Waals surface area contributed by atoms with E-state index in [2.05, 4.69) is 4.90 Å². The molecule has 2 rings (SSSR count). The van der Waals surface area contributed by atoms with Crippen molar-refractivity contribution < 1.29 is 18.1 Å². The molecule has 0 bridgehead atoms. The van der Waals surface area contributed by atoms with Gasteiger partial charge < -0.3 is 4.74 Å². The Balaban J connectivity index is 2.08. The summed E-state index contributed by atoms with van der Waals surface area (Å²) in [5.74, 6) is -0.00912. The molecule has 1 aliphatic rings. The third kappa shape index (κ3) is 3.99. The lowest BCUT2D eigenvalue weighted by Gasteiger charge is -2.32. The fraction of sp³-hybridized carbons (Fsp3) is 0.538. The Labute approximate surface area is 123 Å². The van der Waals surface area contributed by atoms with E-state index in [9.17, 15) is 18.5 Å². The first-order valence-electron chi connectivity index (χ1n) is 6.69. The van der Waals surface area contributed by atoms with Gasteiger partial charge in [-0.1, -0.05) is 0 Å². The second-order valence-electron chi connectivity index (χ2n) is 5.03. The van der Waals surface area contributed by atoms with E-state index in [0.717, 1.165) is 13.1 Å². The molecule has 116 valence electrons. The van der Waals surface area contributed by atoms with Gasteiger partial charge in [0.05, 0.1) is 28.8 Å². The quantitative estimate of drug-likeness (QED) is 0.597. The zero-order valence-electron chi connectivity index (χ0n) is 11.8. The van der Waals surface area contributed by atoms with Crippen LogP contribution in [0.5, 0.6) is 0 Å². The molecule has 1 saturated heterocycles. The van der Waals surface area contributed by atoms with Crippen LogP contribution in [0.15, 0.2) is 29.2 Å². The normalized spacial score (nSPS) is 18.3. The van der Waals surface area contributed by atoms with E-state index in [4.69, 9.17) is 4.74 Å². The molecule has 0 aromatic heterocycles. The average Bonchev–Trinajstić information content (AvgIpc) is 2.48. The van der Waals surface area contributed by atoms with E-state index in [1.165, 1.54) is 24.3 Å². The number of nitro benzene ring substituents is 1. The maximum Gasteiger partial charge on any atom is 0.269 e. The van der Waals surface area contributed by atoms with Crippen LogP contribution in [0.3, 0.4) is 0 Å². The molecule has 0 N–H and O–H groups in total. The molecular formula is C13H18N2O5S. The number of rotatable bonds is 5. The summed E-state index contributed by atoms with van der Waals surface area (Å²) in [4.78, 5) is 12.2. The van der Waals surface area contributed by atoms with Crippen molar-refractivity contribution in [2.45, 2.75) is 17.9 Å². The molecular weight excluding hydrogens is 296 g/mol. The molecule has 1 fully saturated rings. The summed E-state index contributed by atoms with van der Waals surface area (Å²) < 4.78 is 29.9. The first-order chi connectivity index (χ1) is 9.90. The summed E-state index contributed by atoms with van der Waals surface area (Å²) >= 11 is 0. The molecule has 0 saturated carbocycles. The molecule has 0 spiro atoms. The highest BCUT2D eigenvalue weighted by Gasteiger charge is 2.24. The number of ether oxygens (including phenoxy) is 1. The summed E-state index contributed by atoms with van der Waals surface area (Å²) in [5.41, 5.74) is -0.116. The van der Waals surface area contributed by atoms with Crippen molar-refractivity contribution in [3.8, 4) is 0 Å². The predicted molar refractivity (Wildman–Crippen MR) is 77.0 cm³/mol.